The minimum Gasteiger partial charge on any atom is -0.389 e. The molecule has 0 aromatic carbocycles. The second kappa shape index (κ2) is 3.45. The Morgan fingerprint density at radius 1 is 1.46 bits per heavy atom. The quantitative estimate of drug-likeness (QED) is 0.617. The summed E-state index contributed by atoms with van der Waals surface area (Å²) >= 11 is 0. The summed E-state index contributed by atoms with van der Waals surface area (Å²) in [5.41, 5.74) is 0.985. The Kier molecular flexibility index (Phi) is 2.86. The second-order valence-corrected chi connectivity index (χ2v) is 5.02. The Labute approximate surface area is 81.9 Å². The lowest BCUT2D eigenvalue weighted by Gasteiger charge is -2.41. The molecule has 0 radical (unpaired) electrons. The molecule has 1 rings (SSSR count). The van der Waals surface area contributed by atoms with Gasteiger partial charge in [-0.05, 0) is 38.0 Å². The van der Waals surface area contributed by atoms with Crippen LogP contribution >= 0.6 is 0 Å². The van der Waals surface area contributed by atoms with Gasteiger partial charge in [0.05, 0.1) is 5.60 Å². The van der Waals surface area contributed by atoms with Crippen molar-refractivity contribution < 1.29 is 5.11 Å². The third-order valence-corrected chi connectivity index (χ3v) is 3.74. The molecule has 1 heteroatoms. The zero-order valence-corrected chi connectivity index (χ0v) is 9.35. The van der Waals surface area contributed by atoms with Crippen molar-refractivity contribution in [2.24, 2.45) is 5.41 Å². The molecule has 0 bridgehead atoms. The minimum atomic E-state index is -0.471. The van der Waals surface area contributed by atoms with Crippen molar-refractivity contribution in [1.82, 2.24) is 0 Å². The summed E-state index contributed by atoms with van der Waals surface area (Å²) < 4.78 is 0. The highest BCUT2D eigenvalue weighted by molar-refractivity contribution is 5.09. The van der Waals surface area contributed by atoms with Gasteiger partial charge in [-0.1, -0.05) is 32.4 Å². The molecule has 1 N–H and O–H groups in total. The highest BCUT2D eigenvalue weighted by Crippen LogP contribution is 2.43. The molecule has 0 saturated carbocycles. The van der Waals surface area contributed by atoms with Gasteiger partial charge in [-0.2, -0.15) is 0 Å². The average molecular weight is 182 g/mol. The van der Waals surface area contributed by atoms with Crippen molar-refractivity contribution >= 4 is 0 Å². The van der Waals surface area contributed by atoms with Crippen LogP contribution in [-0.2, 0) is 0 Å². The van der Waals surface area contributed by atoms with Crippen molar-refractivity contribution in [2.45, 2.75) is 59.0 Å². The maximum Gasteiger partial charge on any atom is 0.0701 e. The van der Waals surface area contributed by atoms with Gasteiger partial charge in [0.1, 0.15) is 0 Å². The number of hydrogen-bond acceptors (Lipinski definition) is 1. The third-order valence-electron chi connectivity index (χ3n) is 3.74. The van der Waals surface area contributed by atoms with E-state index in [4.69, 9.17) is 0 Å². The normalized spacial score (nSPS) is 33.8. The van der Waals surface area contributed by atoms with Crippen LogP contribution in [0.3, 0.4) is 0 Å². The molecule has 1 atom stereocenters. The Morgan fingerprint density at radius 2 is 2.08 bits per heavy atom. The molecule has 0 fully saturated rings. The van der Waals surface area contributed by atoms with E-state index < -0.39 is 5.60 Å². The summed E-state index contributed by atoms with van der Waals surface area (Å²) in [6.07, 6.45) is 6.12. The van der Waals surface area contributed by atoms with E-state index in [1.54, 1.807) is 0 Å². The molecule has 1 unspecified atom stereocenters. The summed E-state index contributed by atoms with van der Waals surface area (Å²) in [6, 6.07) is 0. The maximum absolute atomic E-state index is 10.5. The SMILES string of the molecule is CCC1(O)CCC(C)=CCC1(C)C. The van der Waals surface area contributed by atoms with Crippen LogP contribution in [0.25, 0.3) is 0 Å². The highest BCUT2D eigenvalue weighted by Gasteiger charge is 2.41. The van der Waals surface area contributed by atoms with Crippen LogP contribution in [0.2, 0.25) is 0 Å². The van der Waals surface area contributed by atoms with Crippen LogP contribution in [0.4, 0.5) is 0 Å². The van der Waals surface area contributed by atoms with Gasteiger partial charge >= 0.3 is 0 Å². The van der Waals surface area contributed by atoms with E-state index in [-0.39, 0.29) is 5.41 Å². The molecule has 0 aromatic rings. The number of allylic oxidation sites excluding steroid dienone is 2. The first-order valence-electron chi connectivity index (χ1n) is 5.29. The first kappa shape index (κ1) is 10.8. The summed E-state index contributed by atoms with van der Waals surface area (Å²) in [5, 5.41) is 10.5. The lowest BCUT2D eigenvalue weighted by Crippen LogP contribution is -2.43. The maximum atomic E-state index is 10.5. The van der Waals surface area contributed by atoms with E-state index in [1.165, 1.54) is 5.57 Å². The van der Waals surface area contributed by atoms with Crippen molar-refractivity contribution in [3.05, 3.63) is 11.6 Å². The van der Waals surface area contributed by atoms with Crippen molar-refractivity contribution in [1.29, 1.82) is 0 Å². The summed E-state index contributed by atoms with van der Waals surface area (Å²) in [5.74, 6) is 0. The van der Waals surface area contributed by atoms with Crippen LogP contribution in [0.1, 0.15) is 53.4 Å². The standard InChI is InChI=1S/C12H22O/c1-5-12(13)9-7-10(2)6-8-11(12,3)4/h6,13H,5,7-9H2,1-4H3. The number of aliphatic hydroxyl groups is 1. The van der Waals surface area contributed by atoms with Gasteiger partial charge in [-0.3, -0.25) is 0 Å². The predicted molar refractivity (Wildman–Crippen MR) is 56.6 cm³/mol. The van der Waals surface area contributed by atoms with Crippen LogP contribution in [0.15, 0.2) is 11.6 Å². The summed E-state index contributed by atoms with van der Waals surface area (Å²) in [7, 11) is 0. The first-order chi connectivity index (χ1) is 5.91. The van der Waals surface area contributed by atoms with Gasteiger partial charge in [0.2, 0.25) is 0 Å². The lowest BCUT2D eigenvalue weighted by molar-refractivity contribution is -0.0726. The Bertz CT molecular complexity index is 215. The van der Waals surface area contributed by atoms with Gasteiger partial charge < -0.3 is 5.11 Å². The van der Waals surface area contributed by atoms with E-state index in [2.05, 4.69) is 33.8 Å². The fraction of sp³-hybridized carbons (Fsp3) is 0.833. The van der Waals surface area contributed by atoms with Gasteiger partial charge in [0, 0.05) is 0 Å². The summed E-state index contributed by atoms with van der Waals surface area (Å²) in [6.45, 7) is 8.59. The molecule has 0 heterocycles. The van der Waals surface area contributed by atoms with Gasteiger partial charge in [0.25, 0.3) is 0 Å². The Morgan fingerprint density at radius 3 is 2.62 bits per heavy atom. The van der Waals surface area contributed by atoms with Crippen molar-refractivity contribution in [2.75, 3.05) is 0 Å². The van der Waals surface area contributed by atoms with E-state index >= 15 is 0 Å². The molecular weight excluding hydrogens is 160 g/mol. The number of rotatable bonds is 1. The van der Waals surface area contributed by atoms with Crippen LogP contribution in [0.5, 0.6) is 0 Å². The predicted octanol–water partition coefficient (Wildman–Crippen LogP) is 3.28. The Balaban J connectivity index is 2.89. The fourth-order valence-electron chi connectivity index (χ4n) is 2.12. The van der Waals surface area contributed by atoms with Gasteiger partial charge in [-0.25, -0.2) is 0 Å². The van der Waals surface area contributed by atoms with Crippen LogP contribution < -0.4 is 0 Å². The van der Waals surface area contributed by atoms with Crippen molar-refractivity contribution in [3.8, 4) is 0 Å². The van der Waals surface area contributed by atoms with E-state index in [1.807, 2.05) is 0 Å². The zero-order chi connectivity index (χ0) is 10.1. The molecular formula is C12H22O. The molecule has 76 valence electrons. The number of hydrogen-bond donors (Lipinski definition) is 1. The zero-order valence-electron chi connectivity index (χ0n) is 9.35. The lowest BCUT2D eigenvalue weighted by atomic mass is 9.70. The second-order valence-electron chi connectivity index (χ2n) is 5.02. The van der Waals surface area contributed by atoms with E-state index in [9.17, 15) is 5.11 Å². The molecule has 13 heavy (non-hydrogen) atoms. The summed E-state index contributed by atoms with van der Waals surface area (Å²) in [4.78, 5) is 0. The molecule has 0 spiro atoms. The molecule has 0 aromatic heterocycles. The highest BCUT2D eigenvalue weighted by atomic mass is 16.3. The monoisotopic (exact) mass is 182 g/mol. The van der Waals surface area contributed by atoms with Gasteiger partial charge in [-0.15, -0.1) is 0 Å². The van der Waals surface area contributed by atoms with Crippen LogP contribution in [0, 0.1) is 5.41 Å². The van der Waals surface area contributed by atoms with E-state index in [0.29, 0.717) is 0 Å². The topological polar surface area (TPSA) is 20.2 Å². The minimum absolute atomic E-state index is 0.0273. The largest absolute Gasteiger partial charge is 0.389 e. The molecule has 1 nitrogen and oxygen atoms in total. The molecule has 0 aliphatic heterocycles. The van der Waals surface area contributed by atoms with Crippen molar-refractivity contribution in [3.63, 3.8) is 0 Å². The molecule has 0 saturated heterocycles. The molecule has 1 aliphatic carbocycles. The fourth-order valence-corrected chi connectivity index (χ4v) is 2.12. The van der Waals surface area contributed by atoms with Gasteiger partial charge in [0.15, 0.2) is 0 Å². The Hall–Kier alpha value is -0.300. The average Bonchev–Trinajstić information content (AvgIpc) is 2.18. The van der Waals surface area contributed by atoms with Crippen LogP contribution in [-0.4, -0.2) is 10.7 Å². The third kappa shape index (κ3) is 1.96. The first-order valence-corrected chi connectivity index (χ1v) is 5.29. The molecule has 0 amide bonds. The molecule has 1 aliphatic rings. The smallest absolute Gasteiger partial charge is 0.0701 e. The van der Waals surface area contributed by atoms with E-state index in [0.717, 1.165) is 25.7 Å².